The molecule has 2 saturated heterocycles. The molecule has 2 rings (SSSR count). The van der Waals surface area contributed by atoms with Gasteiger partial charge in [-0.2, -0.15) is 0 Å². The maximum absolute atomic E-state index is 3.46. The molecular weight excluding hydrogens is 244 g/mol. The quantitative estimate of drug-likeness (QED) is 0.847. The first-order chi connectivity index (χ1) is 8.25. The third-order valence-corrected chi connectivity index (χ3v) is 4.89. The Kier molecular flexibility index (Phi) is 7.59. The van der Waals surface area contributed by atoms with E-state index in [0.29, 0.717) is 0 Å². The Bertz CT molecular complexity index is 207. The van der Waals surface area contributed by atoms with E-state index in [9.17, 15) is 0 Å². The second-order valence-corrected chi connectivity index (χ2v) is 6.41. The van der Waals surface area contributed by atoms with Gasteiger partial charge in [0.05, 0.1) is 0 Å². The van der Waals surface area contributed by atoms with E-state index in [1.807, 2.05) is 0 Å². The molecule has 0 unspecified atom stereocenters. The zero-order chi connectivity index (χ0) is 12.1. The predicted octanol–water partition coefficient (Wildman–Crippen LogP) is 3.17. The van der Waals surface area contributed by atoms with E-state index >= 15 is 0 Å². The molecule has 18 heavy (non-hydrogen) atoms. The summed E-state index contributed by atoms with van der Waals surface area (Å²) >= 11 is 0. The summed E-state index contributed by atoms with van der Waals surface area (Å²) in [5.41, 5.74) is 0. The van der Waals surface area contributed by atoms with E-state index in [4.69, 9.17) is 0 Å². The summed E-state index contributed by atoms with van der Waals surface area (Å²) in [5, 5.41) is 3.46. The highest BCUT2D eigenvalue weighted by atomic mass is 35.5. The number of hydrogen-bond acceptors (Lipinski definition) is 2. The molecule has 0 saturated carbocycles. The molecule has 2 aliphatic heterocycles. The van der Waals surface area contributed by atoms with Crippen molar-refractivity contribution in [3.63, 3.8) is 0 Å². The molecule has 0 bridgehead atoms. The summed E-state index contributed by atoms with van der Waals surface area (Å²) in [5.74, 6) is 2.88. The predicted molar refractivity (Wildman–Crippen MR) is 81.5 cm³/mol. The summed E-state index contributed by atoms with van der Waals surface area (Å²) in [4.78, 5) is 2.71. The van der Waals surface area contributed by atoms with Crippen LogP contribution in [-0.2, 0) is 0 Å². The molecule has 0 spiro atoms. The number of halogens is 1. The lowest BCUT2D eigenvalue weighted by atomic mass is 9.86. The Hall–Kier alpha value is 0.210. The van der Waals surface area contributed by atoms with Crippen LogP contribution in [0, 0.1) is 17.8 Å². The van der Waals surface area contributed by atoms with Crippen LogP contribution in [0.15, 0.2) is 0 Å². The minimum absolute atomic E-state index is 0. The Morgan fingerprint density at radius 2 is 1.67 bits per heavy atom. The monoisotopic (exact) mass is 274 g/mol. The average Bonchev–Trinajstić information content (AvgIpc) is 2.38. The molecule has 0 aromatic heterocycles. The standard InChI is InChI=1S/C15H30N2.ClH/c1-13(2)15-6-11-17(12-7-15)10-5-14-3-8-16-9-4-14;/h13-16H,3-12H2,1-2H3;1H. The van der Waals surface area contributed by atoms with Gasteiger partial charge in [-0.25, -0.2) is 0 Å². The fourth-order valence-electron chi connectivity index (χ4n) is 3.38. The fourth-order valence-corrected chi connectivity index (χ4v) is 3.38. The molecule has 0 aromatic rings. The SMILES string of the molecule is CC(C)C1CCN(CCC2CCNCC2)CC1.Cl. The Morgan fingerprint density at radius 3 is 2.22 bits per heavy atom. The maximum atomic E-state index is 3.46. The van der Waals surface area contributed by atoms with Gasteiger partial charge in [0.25, 0.3) is 0 Å². The number of hydrogen-bond donors (Lipinski definition) is 1. The largest absolute Gasteiger partial charge is 0.317 e. The lowest BCUT2D eigenvalue weighted by Crippen LogP contribution is -2.37. The van der Waals surface area contributed by atoms with Gasteiger partial charge in [-0.05, 0) is 82.6 Å². The lowest BCUT2D eigenvalue weighted by molar-refractivity contribution is 0.146. The maximum Gasteiger partial charge on any atom is -0.00160 e. The summed E-state index contributed by atoms with van der Waals surface area (Å²) in [6, 6.07) is 0. The lowest BCUT2D eigenvalue weighted by Gasteiger charge is -2.35. The minimum atomic E-state index is 0. The fraction of sp³-hybridized carbons (Fsp3) is 1.00. The number of nitrogens with one attached hydrogen (secondary N) is 1. The van der Waals surface area contributed by atoms with Gasteiger partial charge >= 0.3 is 0 Å². The average molecular weight is 275 g/mol. The molecule has 0 radical (unpaired) electrons. The van der Waals surface area contributed by atoms with E-state index in [0.717, 1.165) is 17.8 Å². The zero-order valence-electron chi connectivity index (χ0n) is 12.2. The summed E-state index contributed by atoms with van der Waals surface area (Å²) < 4.78 is 0. The topological polar surface area (TPSA) is 15.3 Å². The second-order valence-electron chi connectivity index (χ2n) is 6.41. The number of likely N-dealkylation sites (tertiary alicyclic amines) is 1. The van der Waals surface area contributed by atoms with E-state index in [-0.39, 0.29) is 12.4 Å². The molecule has 2 heterocycles. The normalized spacial score (nSPS) is 24.2. The van der Waals surface area contributed by atoms with E-state index in [1.54, 1.807) is 0 Å². The molecule has 0 aromatic carbocycles. The van der Waals surface area contributed by atoms with Gasteiger partial charge < -0.3 is 10.2 Å². The van der Waals surface area contributed by atoms with Crippen molar-refractivity contribution in [1.82, 2.24) is 10.2 Å². The van der Waals surface area contributed by atoms with Crippen molar-refractivity contribution >= 4 is 12.4 Å². The van der Waals surface area contributed by atoms with Crippen LogP contribution in [0.2, 0.25) is 0 Å². The highest BCUT2D eigenvalue weighted by molar-refractivity contribution is 5.85. The molecule has 108 valence electrons. The highest BCUT2D eigenvalue weighted by Gasteiger charge is 2.22. The minimum Gasteiger partial charge on any atom is -0.317 e. The first-order valence-corrected chi connectivity index (χ1v) is 7.69. The summed E-state index contributed by atoms with van der Waals surface area (Å²) in [7, 11) is 0. The van der Waals surface area contributed by atoms with E-state index < -0.39 is 0 Å². The number of nitrogens with zero attached hydrogens (tertiary/aromatic N) is 1. The van der Waals surface area contributed by atoms with Crippen LogP contribution in [-0.4, -0.2) is 37.6 Å². The van der Waals surface area contributed by atoms with Crippen LogP contribution in [0.25, 0.3) is 0 Å². The first-order valence-electron chi connectivity index (χ1n) is 7.69. The van der Waals surface area contributed by atoms with Crippen LogP contribution in [0.1, 0.15) is 46.0 Å². The zero-order valence-corrected chi connectivity index (χ0v) is 13.0. The number of piperidine rings is 2. The van der Waals surface area contributed by atoms with Crippen molar-refractivity contribution < 1.29 is 0 Å². The van der Waals surface area contributed by atoms with Gasteiger partial charge in [-0.3, -0.25) is 0 Å². The van der Waals surface area contributed by atoms with E-state index in [1.165, 1.54) is 64.8 Å². The van der Waals surface area contributed by atoms with Crippen LogP contribution in [0.5, 0.6) is 0 Å². The molecular formula is C15H31ClN2. The molecule has 2 fully saturated rings. The van der Waals surface area contributed by atoms with Crippen LogP contribution >= 0.6 is 12.4 Å². The Morgan fingerprint density at radius 1 is 1.06 bits per heavy atom. The molecule has 2 aliphatic rings. The molecule has 0 amide bonds. The van der Waals surface area contributed by atoms with Crippen LogP contribution < -0.4 is 5.32 Å². The Balaban J connectivity index is 0.00000162. The van der Waals surface area contributed by atoms with Gasteiger partial charge in [0.1, 0.15) is 0 Å². The van der Waals surface area contributed by atoms with Crippen molar-refractivity contribution in [2.75, 3.05) is 32.7 Å². The van der Waals surface area contributed by atoms with Crippen LogP contribution in [0.4, 0.5) is 0 Å². The van der Waals surface area contributed by atoms with Gasteiger partial charge in [0, 0.05) is 0 Å². The molecule has 0 atom stereocenters. The first kappa shape index (κ1) is 16.3. The third kappa shape index (κ3) is 5.07. The van der Waals surface area contributed by atoms with Crippen molar-refractivity contribution in [1.29, 1.82) is 0 Å². The second kappa shape index (κ2) is 8.39. The third-order valence-electron chi connectivity index (χ3n) is 4.89. The number of rotatable bonds is 4. The molecule has 1 N–H and O–H groups in total. The Labute approximate surface area is 119 Å². The highest BCUT2D eigenvalue weighted by Crippen LogP contribution is 2.25. The van der Waals surface area contributed by atoms with E-state index in [2.05, 4.69) is 24.1 Å². The molecule has 2 nitrogen and oxygen atoms in total. The smallest absolute Gasteiger partial charge is 0.00160 e. The van der Waals surface area contributed by atoms with Crippen molar-refractivity contribution in [2.45, 2.75) is 46.0 Å². The van der Waals surface area contributed by atoms with Crippen molar-refractivity contribution in [3.8, 4) is 0 Å². The van der Waals surface area contributed by atoms with Gasteiger partial charge in [0.15, 0.2) is 0 Å². The molecule has 0 aliphatic carbocycles. The van der Waals surface area contributed by atoms with Crippen molar-refractivity contribution in [3.05, 3.63) is 0 Å². The van der Waals surface area contributed by atoms with Gasteiger partial charge in [0.2, 0.25) is 0 Å². The van der Waals surface area contributed by atoms with Gasteiger partial charge in [-0.1, -0.05) is 13.8 Å². The van der Waals surface area contributed by atoms with Gasteiger partial charge in [-0.15, -0.1) is 12.4 Å². The summed E-state index contributed by atoms with van der Waals surface area (Å²) in [6.07, 6.45) is 7.12. The van der Waals surface area contributed by atoms with Crippen LogP contribution in [0.3, 0.4) is 0 Å². The molecule has 3 heteroatoms. The van der Waals surface area contributed by atoms with Crippen molar-refractivity contribution in [2.24, 2.45) is 17.8 Å². The summed E-state index contributed by atoms with van der Waals surface area (Å²) in [6.45, 7) is 11.3.